The third kappa shape index (κ3) is 4.37. The van der Waals surface area contributed by atoms with Crippen LogP contribution in [0.15, 0.2) is 48.5 Å². The summed E-state index contributed by atoms with van der Waals surface area (Å²) in [6.07, 6.45) is 0. The predicted octanol–water partition coefficient (Wildman–Crippen LogP) is 5.05. The Morgan fingerprint density at radius 1 is 0.962 bits per heavy atom. The molecule has 1 heterocycles. The molecule has 26 heavy (non-hydrogen) atoms. The smallest absolute Gasteiger partial charge is 0.274 e. The van der Waals surface area contributed by atoms with Crippen molar-refractivity contribution in [3.8, 4) is 0 Å². The van der Waals surface area contributed by atoms with E-state index in [1.807, 2.05) is 57.2 Å². The molecule has 0 radical (unpaired) electrons. The molecule has 0 saturated carbocycles. The van der Waals surface area contributed by atoms with Gasteiger partial charge < -0.3 is 10.6 Å². The molecule has 132 valence electrons. The average molecular weight is 367 g/mol. The van der Waals surface area contributed by atoms with Crippen molar-refractivity contribution < 1.29 is 4.79 Å². The van der Waals surface area contributed by atoms with Crippen LogP contribution in [-0.4, -0.2) is 15.9 Å². The summed E-state index contributed by atoms with van der Waals surface area (Å²) in [4.78, 5) is 21.2. The van der Waals surface area contributed by atoms with Crippen LogP contribution in [0.3, 0.4) is 0 Å². The first-order valence-electron chi connectivity index (χ1n) is 8.17. The molecule has 3 rings (SSSR count). The molecule has 1 amide bonds. The highest BCUT2D eigenvalue weighted by molar-refractivity contribution is 6.31. The number of aromatic nitrogens is 2. The van der Waals surface area contributed by atoms with E-state index in [9.17, 15) is 4.79 Å². The third-order valence-electron chi connectivity index (χ3n) is 3.79. The van der Waals surface area contributed by atoms with E-state index in [2.05, 4.69) is 20.6 Å². The van der Waals surface area contributed by atoms with Crippen LogP contribution >= 0.6 is 11.6 Å². The molecule has 3 aromatic rings. The molecule has 2 aromatic carbocycles. The zero-order valence-electron chi connectivity index (χ0n) is 14.8. The summed E-state index contributed by atoms with van der Waals surface area (Å²) in [5.74, 6) is 0.0606. The van der Waals surface area contributed by atoms with Crippen LogP contribution in [0.5, 0.6) is 0 Å². The fraction of sp³-hybridized carbons (Fsp3) is 0.150. The van der Waals surface area contributed by atoms with E-state index in [1.54, 1.807) is 12.1 Å². The number of nitrogens with zero attached hydrogens (tertiary/aromatic N) is 2. The minimum Gasteiger partial charge on any atom is -0.324 e. The first-order valence-corrected chi connectivity index (χ1v) is 8.55. The molecule has 5 nitrogen and oxygen atoms in total. The number of benzene rings is 2. The standard InChI is InChI=1S/C20H19ClN4O/c1-12-5-4-6-15(9-12)23-19(26)18-10-14(3)22-20(25-18)24-16-8-7-13(2)17(21)11-16/h4-11H,1-3H3,(H,23,26)(H,22,24,25). The van der Waals surface area contributed by atoms with Crippen LogP contribution in [0.25, 0.3) is 0 Å². The Bertz CT molecular complexity index is 972. The lowest BCUT2D eigenvalue weighted by Gasteiger charge is -2.10. The van der Waals surface area contributed by atoms with Gasteiger partial charge in [0.25, 0.3) is 5.91 Å². The van der Waals surface area contributed by atoms with Crippen molar-refractivity contribution in [1.29, 1.82) is 0 Å². The van der Waals surface area contributed by atoms with Crippen molar-refractivity contribution >= 4 is 34.8 Å². The zero-order chi connectivity index (χ0) is 18.7. The van der Waals surface area contributed by atoms with E-state index in [4.69, 9.17) is 11.6 Å². The van der Waals surface area contributed by atoms with Gasteiger partial charge in [-0.25, -0.2) is 9.97 Å². The number of carbonyl (C=O) groups excluding carboxylic acids is 1. The van der Waals surface area contributed by atoms with Gasteiger partial charge >= 0.3 is 0 Å². The number of nitrogens with one attached hydrogen (secondary N) is 2. The second-order valence-corrected chi connectivity index (χ2v) is 6.54. The Hall–Kier alpha value is -2.92. The molecule has 2 N–H and O–H groups in total. The monoisotopic (exact) mass is 366 g/mol. The SMILES string of the molecule is Cc1cccc(NC(=O)c2cc(C)nc(Nc3ccc(C)c(Cl)c3)n2)c1. The van der Waals surface area contributed by atoms with Crippen molar-refractivity contribution in [3.63, 3.8) is 0 Å². The third-order valence-corrected chi connectivity index (χ3v) is 4.20. The topological polar surface area (TPSA) is 66.9 Å². The Morgan fingerprint density at radius 2 is 1.77 bits per heavy atom. The molecule has 0 aliphatic rings. The molecular formula is C20H19ClN4O. The lowest BCUT2D eigenvalue weighted by molar-refractivity contribution is 0.102. The van der Waals surface area contributed by atoms with Gasteiger partial charge in [0.05, 0.1) is 0 Å². The highest BCUT2D eigenvalue weighted by atomic mass is 35.5. The number of hydrogen-bond donors (Lipinski definition) is 2. The summed E-state index contributed by atoms with van der Waals surface area (Å²) in [6, 6.07) is 14.9. The molecule has 0 aliphatic carbocycles. The maximum Gasteiger partial charge on any atom is 0.274 e. The summed E-state index contributed by atoms with van der Waals surface area (Å²) >= 11 is 6.15. The fourth-order valence-corrected chi connectivity index (χ4v) is 2.64. The summed E-state index contributed by atoms with van der Waals surface area (Å²) < 4.78 is 0. The highest BCUT2D eigenvalue weighted by Crippen LogP contribution is 2.22. The Kier molecular flexibility index (Phi) is 5.19. The van der Waals surface area contributed by atoms with Gasteiger partial charge in [-0.3, -0.25) is 4.79 Å². The number of carbonyl (C=O) groups is 1. The predicted molar refractivity (Wildman–Crippen MR) is 105 cm³/mol. The lowest BCUT2D eigenvalue weighted by atomic mass is 10.2. The number of rotatable bonds is 4. The number of amides is 1. The van der Waals surface area contributed by atoms with Crippen molar-refractivity contribution in [2.24, 2.45) is 0 Å². The summed E-state index contributed by atoms with van der Waals surface area (Å²) in [5, 5.41) is 6.60. The second-order valence-electron chi connectivity index (χ2n) is 6.13. The first-order chi connectivity index (χ1) is 12.4. The minimum absolute atomic E-state index is 0.286. The quantitative estimate of drug-likeness (QED) is 0.678. The van der Waals surface area contributed by atoms with Gasteiger partial charge in [-0.15, -0.1) is 0 Å². The van der Waals surface area contributed by atoms with Crippen molar-refractivity contribution in [2.45, 2.75) is 20.8 Å². The number of anilines is 3. The van der Waals surface area contributed by atoms with Gasteiger partial charge in [0, 0.05) is 22.1 Å². The molecule has 0 aliphatic heterocycles. The van der Waals surface area contributed by atoms with E-state index in [0.717, 1.165) is 22.5 Å². The van der Waals surface area contributed by atoms with Crippen LogP contribution in [0.2, 0.25) is 5.02 Å². The van der Waals surface area contributed by atoms with Gasteiger partial charge in [-0.2, -0.15) is 0 Å². The second kappa shape index (κ2) is 7.54. The maximum atomic E-state index is 12.5. The van der Waals surface area contributed by atoms with Crippen molar-refractivity contribution in [1.82, 2.24) is 9.97 Å². The summed E-state index contributed by atoms with van der Waals surface area (Å²) in [7, 11) is 0. The van der Waals surface area contributed by atoms with Gasteiger partial charge in [-0.05, 0) is 62.2 Å². The minimum atomic E-state index is -0.286. The summed E-state index contributed by atoms with van der Waals surface area (Å²) in [6.45, 7) is 5.72. The Balaban J connectivity index is 1.82. The number of aryl methyl sites for hydroxylation is 3. The summed E-state index contributed by atoms with van der Waals surface area (Å²) in [5.41, 5.74) is 4.53. The molecule has 1 aromatic heterocycles. The van der Waals surface area contributed by atoms with Crippen LogP contribution in [0.4, 0.5) is 17.3 Å². The molecule has 0 fully saturated rings. The lowest BCUT2D eigenvalue weighted by Crippen LogP contribution is -2.15. The molecule has 0 unspecified atom stereocenters. The van der Waals surface area contributed by atoms with Gasteiger partial charge in [-0.1, -0.05) is 29.8 Å². The van der Waals surface area contributed by atoms with Crippen molar-refractivity contribution in [2.75, 3.05) is 10.6 Å². The van der Waals surface area contributed by atoms with Crippen LogP contribution in [0, 0.1) is 20.8 Å². The highest BCUT2D eigenvalue weighted by Gasteiger charge is 2.11. The maximum absolute atomic E-state index is 12.5. The van der Waals surface area contributed by atoms with E-state index in [-0.39, 0.29) is 5.91 Å². The molecule has 0 atom stereocenters. The van der Waals surface area contributed by atoms with Crippen LogP contribution in [-0.2, 0) is 0 Å². The molecular weight excluding hydrogens is 348 g/mol. The van der Waals surface area contributed by atoms with E-state index >= 15 is 0 Å². The Morgan fingerprint density at radius 3 is 2.50 bits per heavy atom. The Labute approximate surface area is 157 Å². The van der Waals surface area contributed by atoms with Crippen LogP contribution < -0.4 is 10.6 Å². The fourth-order valence-electron chi connectivity index (χ4n) is 2.46. The van der Waals surface area contributed by atoms with E-state index < -0.39 is 0 Å². The molecule has 0 spiro atoms. The number of hydrogen-bond acceptors (Lipinski definition) is 4. The van der Waals surface area contributed by atoms with E-state index in [0.29, 0.717) is 22.4 Å². The average Bonchev–Trinajstić information content (AvgIpc) is 2.58. The van der Waals surface area contributed by atoms with Crippen LogP contribution in [0.1, 0.15) is 27.3 Å². The molecule has 0 saturated heterocycles. The first kappa shape index (κ1) is 17.9. The normalized spacial score (nSPS) is 10.5. The number of halogens is 1. The van der Waals surface area contributed by atoms with Gasteiger partial charge in [0.2, 0.25) is 5.95 Å². The molecule has 0 bridgehead atoms. The largest absolute Gasteiger partial charge is 0.324 e. The van der Waals surface area contributed by atoms with Crippen molar-refractivity contribution in [3.05, 3.63) is 76.1 Å². The van der Waals surface area contributed by atoms with E-state index in [1.165, 1.54) is 0 Å². The molecule has 6 heteroatoms. The zero-order valence-corrected chi connectivity index (χ0v) is 15.6. The van der Waals surface area contributed by atoms with Gasteiger partial charge in [0.1, 0.15) is 5.69 Å². The van der Waals surface area contributed by atoms with Gasteiger partial charge in [0.15, 0.2) is 0 Å².